The van der Waals surface area contributed by atoms with E-state index in [-0.39, 0.29) is 14.6 Å². The molecule has 112 valence electrons. The van der Waals surface area contributed by atoms with Gasteiger partial charge in [0.15, 0.2) is 4.34 Å². The second kappa shape index (κ2) is 5.23. The van der Waals surface area contributed by atoms with Gasteiger partial charge in [-0.05, 0) is 20.3 Å². The van der Waals surface area contributed by atoms with Gasteiger partial charge >= 0.3 is 0 Å². The predicted molar refractivity (Wildman–Crippen MR) is 74.7 cm³/mol. The smallest absolute Gasteiger partial charge is 0.300 e. The lowest BCUT2D eigenvalue weighted by Gasteiger charge is -2.27. The molecule has 0 aromatic carbocycles. The first kappa shape index (κ1) is 15.6. The average Bonchev–Trinajstić information content (AvgIpc) is 2.84. The summed E-state index contributed by atoms with van der Waals surface area (Å²) in [5, 5.41) is 10.7. The third kappa shape index (κ3) is 2.82. The molecule has 0 aliphatic carbocycles. The third-order valence-corrected chi connectivity index (χ3v) is 6.79. The number of sulfonamides is 1. The Balaban J connectivity index is 2.31. The van der Waals surface area contributed by atoms with E-state index in [0.29, 0.717) is 24.4 Å². The number of halogens is 1. The zero-order valence-electron chi connectivity index (χ0n) is 10.8. The maximum absolute atomic E-state index is 12.3. The highest BCUT2D eigenvalue weighted by atomic mass is 35.5. The van der Waals surface area contributed by atoms with Crippen LogP contribution in [0.5, 0.6) is 0 Å². The molecule has 0 spiro atoms. The molecule has 2 unspecified atom stereocenters. The Hall–Kier alpha value is -0.740. The van der Waals surface area contributed by atoms with Crippen LogP contribution in [0.3, 0.4) is 0 Å². The van der Waals surface area contributed by atoms with Crippen LogP contribution in [0.15, 0.2) is 10.3 Å². The van der Waals surface area contributed by atoms with E-state index < -0.39 is 26.2 Å². The largest absolute Gasteiger partial charge is 0.376 e. The lowest BCUT2D eigenvalue weighted by molar-refractivity contribution is -0.384. The highest BCUT2D eigenvalue weighted by molar-refractivity contribution is 7.91. The molecule has 0 radical (unpaired) electrons. The van der Waals surface area contributed by atoms with E-state index in [1.54, 1.807) is 13.8 Å². The van der Waals surface area contributed by atoms with Crippen molar-refractivity contribution in [3.63, 3.8) is 0 Å². The van der Waals surface area contributed by atoms with Crippen LogP contribution < -0.4 is 4.72 Å². The Morgan fingerprint density at radius 3 is 2.75 bits per heavy atom. The lowest BCUT2D eigenvalue weighted by Crippen LogP contribution is -2.50. The molecule has 2 heterocycles. The molecule has 7 nitrogen and oxygen atoms in total. The molecular weight excluding hydrogens is 328 g/mol. The minimum Gasteiger partial charge on any atom is -0.376 e. The number of nitro groups is 1. The van der Waals surface area contributed by atoms with Gasteiger partial charge in [0, 0.05) is 12.7 Å². The summed E-state index contributed by atoms with van der Waals surface area (Å²) in [5.41, 5.74) is -1.14. The molecule has 10 heteroatoms. The number of nitrogens with zero attached hydrogens (tertiary/aromatic N) is 1. The molecule has 1 N–H and O–H groups in total. The first-order chi connectivity index (χ1) is 9.16. The van der Waals surface area contributed by atoms with E-state index in [9.17, 15) is 18.5 Å². The van der Waals surface area contributed by atoms with Crippen molar-refractivity contribution in [3.05, 3.63) is 20.5 Å². The summed E-state index contributed by atoms with van der Waals surface area (Å²) < 4.78 is 32.2. The molecule has 0 amide bonds. The van der Waals surface area contributed by atoms with Crippen molar-refractivity contribution in [1.29, 1.82) is 0 Å². The van der Waals surface area contributed by atoms with Gasteiger partial charge in [-0.1, -0.05) is 11.6 Å². The average molecular weight is 341 g/mol. The van der Waals surface area contributed by atoms with Crippen LogP contribution >= 0.6 is 22.9 Å². The molecule has 1 aromatic rings. The monoisotopic (exact) mass is 340 g/mol. The van der Waals surface area contributed by atoms with Crippen LogP contribution in [0.1, 0.15) is 20.3 Å². The highest BCUT2D eigenvalue weighted by Crippen LogP contribution is 2.37. The summed E-state index contributed by atoms with van der Waals surface area (Å²) in [6, 6.07) is 0.971. The van der Waals surface area contributed by atoms with E-state index >= 15 is 0 Å². The fraction of sp³-hybridized carbons (Fsp3) is 0.600. The zero-order valence-corrected chi connectivity index (χ0v) is 13.1. The van der Waals surface area contributed by atoms with E-state index in [1.807, 2.05) is 0 Å². The van der Waals surface area contributed by atoms with Gasteiger partial charge in [0.25, 0.3) is 15.7 Å². The molecule has 1 aromatic heterocycles. The molecule has 20 heavy (non-hydrogen) atoms. The molecule has 0 bridgehead atoms. The van der Waals surface area contributed by atoms with E-state index in [0.717, 1.165) is 6.07 Å². The van der Waals surface area contributed by atoms with Crippen LogP contribution in [0.25, 0.3) is 0 Å². The van der Waals surface area contributed by atoms with Gasteiger partial charge in [-0.15, -0.1) is 11.3 Å². The van der Waals surface area contributed by atoms with Crippen LogP contribution in [0.4, 0.5) is 5.69 Å². The molecule has 2 rings (SSSR count). The number of nitrogens with one attached hydrogen (secondary N) is 1. The van der Waals surface area contributed by atoms with Crippen LogP contribution in [0.2, 0.25) is 4.34 Å². The van der Waals surface area contributed by atoms with Crippen molar-refractivity contribution in [2.45, 2.75) is 36.1 Å². The van der Waals surface area contributed by atoms with Crippen molar-refractivity contribution >= 4 is 38.6 Å². The molecule has 2 atom stereocenters. The predicted octanol–water partition coefficient (Wildman–Crippen LogP) is 2.16. The van der Waals surface area contributed by atoms with Gasteiger partial charge < -0.3 is 4.74 Å². The summed E-state index contributed by atoms with van der Waals surface area (Å²) in [4.78, 5) is 10.0. The SMILES string of the molecule is CC1OCCC1(C)NS(=O)(=O)c1cc([N+](=O)[O-])c(Cl)s1. The maximum atomic E-state index is 12.3. The van der Waals surface area contributed by atoms with Crippen molar-refractivity contribution < 1.29 is 18.1 Å². The van der Waals surface area contributed by atoms with Crippen molar-refractivity contribution in [3.8, 4) is 0 Å². The third-order valence-electron chi connectivity index (χ3n) is 3.36. The van der Waals surface area contributed by atoms with Crippen molar-refractivity contribution in [1.82, 2.24) is 4.72 Å². The Labute approximate surface area is 125 Å². The Kier molecular flexibility index (Phi) is 4.09. The van der Waals surface area contributed by atoms with Crippen LogP contribution in [-0.4, -0.2) is 31.6 Å². The van der Waals surface area contributed by atoms with E-state index in [1.165, 1.54) is 0 Å². The second-order valence-electron chi connectivity index (χ2n) is 4.77. The Morgan fingerprint density at radius 2 is 2.30 bits per heavy atom. The van der Waals surface area contributed by atoms with Crippen molar-refractivity contribution in [2.75, 3.05) is 6.61 Å². The zero-order chi connectivity index (χ0) is 15.1. The summed E-state index contributed by atoms with van der Waals surface area (Å²) in [7, 11) is -3.87. The van der Waals surface area contributed by atoms with Gasteiger partial charge in [-0.2, -0.15) is 0 Å². The summed E-state index contributed by atoms with van der Waals surface area (Å²) in [5.74, 6) is 0. The second-order valence-corrected chi connectivity index (χ2v) is 8.33. The molecular formula is C10H13ClN2O5S2. The highest BCUT2D eigenvalue weighted by Gasteiger charge is 2.41. The standard InChI is InChI=1S/C10H13ClN2O5S2/c1-6-10(2,3-4-18-6)12-20(16,17)8-5-7(13(14)15)9(11)19-8/h5-6,12H,3-4H2,1-2H3. The van der Waals surface area contributed by atoms with Gasteiger partial charge in [0.05, 0.1) is 16.6 Å². The Bertz CT molecular complexity index is 644. The van der Waals surface area contributed by atoms with Gasteiger partial charge in [-0.25, -0.2) is 13.1 Å². The normalized spacial score (nSPS) is 26.9. The lowest BCUT2D eigenvalue weighted by atomic mass is 9.97. The van der Waals surface area contributed by atoms with E-state index in [2.05, 4.69) is 4.72 Å². The number of thiophene rings is 1. The van der Waals surface area contributed by atoms with Crippen molar-refractivity contribution in [2.24, 2.45) is 0 Å². The van der Waals surface area contributed by atoms with Crippen LogP contribution in [0, 0.1) is 10.1 Å². The minimum atomic E-state index is -3.87. The van der Waals surface area contributed by atoms with Gasteiger partial charge in [-0.3, -0.25) is 10.1 Å². The minimum absolute atomic E-state index is 0.156. The fourth-order valence-corrected chi connectivity index (χ4v) is 5.08. The number of rotatable bonds is 4. The number of ether oxygens (including phenoxy) is 1. The summed E-state index contributed by atoms with van der Waals surface area (Å²) in [6.45, 7) is 3.98. The Morgan fingerprint density at radius 1 is 1.65 bits per heavy atom. The van der Waals surface area contributed by atoms with Gasteiger partial charge in [0.2, 0.25) is 0 Å². The van der Waals surface area contributed by atoms with Gasteiger partial charge in [0.1, 0.15) is 4.21 Å². The number of hydrogen-bond acceptors (Lipinski definition) is 6. The first-order valence-electron chi connectivity index (χ1n) is 5.75. The molecule has 1 fully saturated rings. The maximum Gasteiger partial charge on any atom is 0.300 e. The van der Waals surface area contributed by atoms with Crippen LogP contribution in [-0.2, 0) is 14.8 Å². The molecule has 0 saturated carbocycles. The topological polar surface area (TPSA) is 98.5 Å². The fourth-order valence-electron chi connectivity index (χ4n) is 1.92. The van der Waals surface area contributed by atoms with E-state index in [4.69, 9.17) is 16.3 Å². The summed E-state index contributed by atoms with van der Waals surface area (Å²) >= 11 is 6.35. The molecule has 1 aliphatic heterocycles. The quantitative estimate of drug-likeness (QED) is 0.669. The number of hydrogen-bond donors (Lipinski definition) is 1. The molecule has 1 saturated heterocycles. The summed E-state index contributed by atoms with van der Waals surface area (Å²) in [6.07, 6.45) is 0.261. The first-order valence-corrected chi connectivity index (χ1v) is 8.43. The molecule has 1 aliphatic rings.